The van der Waals surface area contributed by atoms with Crippen molar-refractivity contribution in [1.29, 1.82) is 0 Å². The first-order valence-corrected chi connectivity index (χ1v) is 8.49. The summed E-state index contributed by atoms with van der Waals surface area (Å²) >= 11 is 0. The van der Waals surface area contributed by atoms with Gasteiger partial charge in [-0.1, -0.05) is 18.2 Å². The number of amides is 2. The van der Waals surface area contributed by atoms with E-state index >= 15 is 0 Å². The number of benzene rings is 2. The van der Waals surface area contributed by atoms with Crippen LogP contribution in [0.1, 0.15) is 27.2 Å². The Bertz CT molecular complexity index is 722. The lowest BCUT2D eigenvalue weighted by Crippen LogP contribution is -2.41. The van der Waals surface area contributed by atoms with Gasteiger partial charge in [-0.15, -0.1) is 0 Å². The van der Waals surface area contributed by atoms with Gasteiger partial charge in [0.2, 0.25) is 5.91 Å². The number of carbonyl (C=O) groups is 2. The van der Waals surface area contributed by atoms with Gasteiger partial charge in [0.25, 0.3) is 0 Å². The van der Waals surface area contributed by atoms with Crippen LogP contribution in [-0.2, 0) is 9.53 Å². The summed E-state index contributed by atoms with van der Waals surface area (Å²) < 4.78 is 4.99. The Morgan fingerprint density at radius 3 is 2.08 bits per heavy atom. The van der Waals surface area contributed by atoms with Crippen molar-refractivity contribution in [1.82, 2.24) is 5.32 Å². The van der Waals surface area contributed by atoms with Gasteiger partial charge in [-0.3, -0.25) is 4.79 Å². The van der Waals surface area contributed by atoms with Crippen LogP contribution >= 0.6 is 0 Å². The third kappa shape index (κ3) is 7.25. The van der Waals surface area contributed by atoms with Gasteiger partial charge in [0.15, 0.2) is 0 Å². The van der Waals surface area contributed by atoms with Crippen molar-refractivity contribution in [2.24, 2.45) is 0 Å². The molecule has 0 saturated carbocycles. The summed E-state index contributed by atoms with van der Waals surface area (Å²) in [6, 6.07) is 17.2. The van der Waals surface area contributed by atoms with Crippen LogP contribution < -0.4 is 16.0 Å². The predicted octanol–water partition coefficient (Wildman–Crippen LogP) is 4.28. The minimum absolute atomic E-state index is 0.0292. The van der Waals surface area contributed by atoms with E-state index in [-0.39, 0.29) is 24.5 Å². The maximum atomic E-state index is 11.9. The summed E-state index contributed by atoms with van der Waals surface area (Å²) in [4.78, 5) is 23.4. The highest BCUT2D eigenvalue weighted by Crippen LogP contribution is 2.18. The van der Waals surface area contributed by atoms with Crippen molar-refractivity contribution >= 4 is 29.1 Å². The molecule has 138 valence electrons. The van der Waals surface area contributed by atoms with Gasteiger partial charge < -0.3 is 20.7 Å². The first kappa shape index (κ1) is 19.3. The number of para-hydroxylation sites is 1. The molecule has 26 heavy (non-hydrogen) atoms. The lowest BCUT2D eigenvalue weighted by molar-refractivity contribution is -0.116. The smallest absolute Gasteiger partial charge is 0.407 e. The molecule has 2 aromatic carbocycles. The largest absolute Gasteiger partial charge is 0.449 e. The molecule has 0 heterocycles. The van der Waals surface area contributed by atoms with Crippen molar-refractivity contribution in [2.75, 3.05) is 17.2 Å². The van der Waals surface area contributed by atoms with Crippen molar-refractivity contribution in [3.05, 3.63) is 54.6 Å². The molecule has 0 aliphatic carbocycles. The van der Waals surface area contributed by atoms with E-state index in [0.29, 0.717) is 5.69 Å². The van der Waals surface area contributed by atoms with E-state index in [1.54, 1.807) is 0 Å². The van der Waals surface area contributed by atoms with Crippen LogP contribution in [0.2, 0.25) is 0 Å². The quantitative estimate of drug-likeness (QED) is 0.722. The zero-order chi connectivity index (χ0) is 19.0. The molecule has 6 heteroatoms. The van der Waals surface area contributed by atoms with Gasteiger partial charge in [0.05, 0.1) is 6.42 Å². The minimum Gasteiger partial charge on any atom is -0.449 e. The summed E-state index contributed by atoms with van der Waals surface area (Å²) in [5.74, 6) is -0.211. The van der Waals surface area contributed by atoms with Gasteiger partial charge in [0, 0.05) is 22.6 Å². The highest BCUT2D eigenvalue weighted by molar-refractivity contribution is 5.91. The zero-order valence-corrected chi connectivity index (χ0v) is 15.3. The van der Waals surface area contributed by atoms with E-state index in [9.17, 15) is 9.59 Å². The van der Waals surface area contributed by atoms with Crippen LogP contribution in [0.5, 0.6) is 0 Å². The Morgan fingerprint density at radius 2 is 1.46 bits per heavy atom. The SMILES string of the molecule is CC(C)(C)NC(=O)OCCC(=O)Nc1ccc(Nc2ccccc2)cc1. The zero-order valence-electron chi connectivity index (χ0n) is 15.3. The van der Waals surface area contributed by atoms with Crippen molar-refractivity contribution < 1.29 is 14.3 Å². The molecule has 2 amide bonds. The molecule has 0 spiro atoms. The number of carbonyl (C=O) groups excluding carboxylic acids is 2. The van der Waals surface area contributed by atoms with Crippen LogP contribution in [0.3, 0.4) is 0 Å². The van der Waals surface area contributed by atoms with Crippen LogP contribution in [0, 0.1) is 0 Å². The monoisotopic (exact) mass is 355 g/mol. The summed E-state index contributed by atoms with van der Waals surface area (Å²) in [6.45, 7) is 5.60. The number of alkyl carbamates (subject to hydrolysis) is 1. The Labute approximate surface area is 153 Å². The van der Waals surface area contributed by atoms with E-state index in [4.69, 9.17) is 4.74 Å². The average molecular weight is 355 g/mol. The van der Waals surface area contributed by atoms with Crippen molar-refractivity contribution in [2.45, 2.75) is 32.7 Å². The van der Waals surface area contributed by atoms with E-state index in [1.165, 1.54) is 0 Å². The normalized spacial score (nSPS) is 10.7. The minimum atomic E-state index is -0.526. The fourth-order valence-corrected chi connectivity index (χ4v) is 2.13. The standard InChI is InChI=1S/C20H25N3O3/c1-20(2,3)23-19(25)26-14-13-18(24)22-17-11-9-16(10-12-17)21-15-7-5-4-6-8-15/h4-12,21H,13-14H2,1-3H3,(H,22,24)(H,23,25). The lowest BCUT2D eigenvalue weighted by Gasteiger charge is -2.19. The molecule has 2 aromatic rings. The molecule has 0 aliphatic rings. The van der Waals surface area contributed by atoms with Crippen LogP contribution in [0.4, 0.5) is 21.9 Å². The second-order valence-electron chi connectivity index (χ2n) is 6.88. The van der Waals surface area contributed by atoms with Crippen molar-refractivity contribution in [3.8, 4) is 0 Å². The molecular weight excluding hydrogens is 330 g/mol. The Kier molecular flexibility index (Phi) is 6.60. The molecular formula is C20H25N3O3. The second-order valence-corrected chi connectivity index (χ2v) is 6.88. The fourth-order valence-electron chi connectivity index (χ4n) is 2.13. The second kappa shape index (κ2) is 8.89. The number of hydrogen-bond donors (Lipinski definition) is 3. The molecule has 0 radical (unpaired) electrons. The molecule has 0 saturated heterocycles. The number of nitrogens with one attached hydrogen (secondary N) is 3. The number of ether oxygens (including phenoxy) is 1. The lowest BCUT2D eigenvalue weighted by atomic mass is 10.1. The Balaban J connectivity index is 1.74. The van der Waals surface area contributed by atoms with E-state index < -0.39 is 6.09 Å². The summed E-state index contributed by atoms with van der Waals surface area (Å²) in [6.07, 6.45) is -0.427. The Hall–Kier alpha value is -3.02. The van der Waals surface area contributed by atoms with Gasteiger partial charge in [0.1, 0.15) is 6.61 Å². The van der Waals surface area contributed by atoms with Gasteiger partial charge >= 0.3 is 6.09 Å². The first-order valence-electron chi connectivity index (χ1n) is 8.49. The maximum absolute atomic E-state index is 11.9. The third-order valence-electron chi connectivity index (χ3n) is 3.27. The van der Waals surface area contributed by atoms with Gasteiger partial charge in [-0.05, 0) is 57.2 Å². The van der Waals surface area contributed by atoms with Gasteiger partial charge in [-0.2, -0.15) is 0 Å². The summed E-state index contributed by atoms with van der Waals surface area (Å²) in [5.41, 5.74) is 2.24. The van der Waals surface area contributed by atoms with E-state index in [0.717, 1.165) is 11.4 Å². The van der Waals surface area contributed by atoms with Crippen molar-refractivity contribution in [3.63, 3.8) is 0 Å². The molecule has 2 rings (SSSR count). The molecule has 0 aliphatic heterocycles. The molecule has 0 aromatic heterocycles. The maximum Gasteiger partial charge on any atom is 0.407 e. The molecule has 0 bridgehead atoms. The van der Waals surface area contributed by atoms with Gasteiger partial charge in [-0.25, -0.2) is 4.79 Å². The number of anilines is 3. The topological polar surface area (TPSA) is 79.5 Å². The molecule has 0 atom stereocenters. The summed E-state index contributed by atoms with van der Waals surface area (Å²) in [5, 5.41) is 8.72. The molecule has 0 unspecified atom stereocenters. The van der Waals surface area contributed by atoms with Crippen LogP contribution in [0.25, 0.3) is 0 Å². The van der Waals surface area contributed by atoms with E-state index in [2.05, 4.69) is 16.0 Å². The van der Waals surface area contributed by atoms with E-state index in [1.807, 2.05) is 75.4 Å². The van der Waals surface area contributed by atoms with Crippen LogP contribution in [-0.4, -0.2) is 24.1 Å². The Morgan fingerprint density at radius 1 is 0.885 bits per heavy atom. The summed E-state index contributed by atoms with van der Waals surface area (Å²) in [7, 11) is 0. The molecule has 3 N–H and O–H groups in total. The highest BCUT2D eigenvalue weighted by atomic mass is 16.5. The first-order chi connectivity index (χ1) is 12.3. The fraction of sp³-hybridized carbons (Fsp3) is 0.300. The number of hydrogen-bond acceptors (Lipinski definition) is 4. The predicted molar refractivity (Wildman–Crippen MR) is 104 cm³/mol. The number of rotatable bonds is 6. The highest BCUT2D eigenvalue weighted by Gasteiger charge is 2.14. The average Bonchev–Trinajstić information content (AvgIpc) is 2.56. The van der Waals surface area contributed by atoms with Crippen LogP contribution in [0.15, 0.2) is 54.6 Å². The third-order valence-corrected chi connectivity index (χ3v) is 3.27. The molecule has 6 nitrogen and oxygen atoms in total. The molecule has 0 fully saturated rings.